The molecule has 0 aliphatic carbocycles. The first-order chi connectivity index (χ1) is 17.4. The first-order valence-electron chi connectivity index (χ1n) is 12.1. The average molecular weight is 504 g/mol. The van der Waals surface area contributed by atoms with Gasteiger partial charge < -0.3 is 10.6 Å². The summed E-state index contributed by atoms with van der Waals surface area (Å²) in [6.07, 6.45) is 9.26. The molecule has 4 heterocycles. The molecule has 4 aromatic rings. The van der Waals surface area contributed by atoms with E-state index in [4.69, 9.17) is 11.6 Å². The minimum Gasteiger partial charge on any atom is -0.324 e. The fourth-order valence-corrected chi connectivity index (χ4v) is 4.86. The lowest BCUT2D eigenvalue weighted by Crippen LogP contribution is -2.32. The predicted octanol–water partition coefficient (Wildman–Crippen LogP) is 5.44. The van der Waals surface area contributed by atoms with Crippen LogP contribution in [0, 0.1) is 20.8 Å². The van der Waals surface area contributed by atoms with Crippen LogP contribution in [0.1, 0.15) is 46.7 Å². The van der Waals surface area contributed by atoms with E-state index in [1.807, 2.05) is 25.4 Å². The smallest absolute Gasteiger partial charge is 0.229 e. The summed E-state index contributed by atoms with van der Waals surface area (Å²) in [6.45, 7) is 9.29. The molecule has 0 radical (unpaired) electrons. The number of anilines is 4. The first kappa shape index (κ1) is 24.1. The number of nitrogens with one attached hydrogen (secondary N) is 3. The second-order valence-corrected chi connectivity index (χ2v) is 9.80. The van der Waals surface area contributed by atoms with Crippen molar-refractivity contribution in [3.8, 4) is 0 Å². The van der Waals surface area contributed by atoms with Gasteiger partial charge in [-0.3, -0.25) is 10.00 Å². The van der Waals surface area contributed by atoms with Crippen molar-refractivity contribution in [2.75, 3.05) is 23.7 Å². The minimum absolute atomic E-state index is 0.426. The van der Waals surface area contributed by atoms with Crippen molar-refractivity contribution in [1.82, 2.24) is 35.0 Å². The Bertz CT molecular complexity index is 1330. The highest BCUT2D eigenvalue weighted by Gasteiger charge is 2.23. The van der Waals surface area contributed by atoms with Crippen molar-refractivity contribution in [3.63, 3.8) is 0 Å². The van der Waals surface area contributed by atoms with Crippen LogP contribution in [-0.4, -0.2) is 48.1 Å². The van der Waals surface area contributed by atoms with Gasteiger partial charge in [0.2, 0.25) is 5.95 Å². The Hall–Kier alpha value is -3.56. The number of hydrogen-bond acceptors (Lipinski definition) is 8. The lowest BCUT2D eigenvalue weighted by atomic mass is 9.85. The van der Waals surface area contributed by atoms with E-state index >= 15 is 0 Å². The molecule has 1 saturated heterocycles. The molecule has 0 atom stereocenters. The highest BCUT2D eigenvalue weighted by molar-refractivity contribution is 6.32. The van der Waals surface area contributed by atoms with Gasteiger partial charge in [-0.05, 0) is 75.4 Å². The summed E-state index contributed by atoms with van der Waals surface area (Å²) in [5.41, 5.74) is 6.97. The molecule has 0 unspecified atom stereocenters. The Morgan fingerprint density at radius 1 is 1.00 bits per heavy atom. The zero-order valence-electron chi connectivity index (χ0n) is 20.7. The number of benzene rings is 1. The van der Waals surface area contributed by atoms with E-state index in [-0.39, 0.29) is 0 Å². The number of piperidine rings is 1. The van der Waals surface area contributed by atoms with Gasteiger partial charge in [0.05, 0.1) is 6.20 Å². The maximum Gasteiger partial charge on any atom is 0.229 e. The second-order valence-electron chi connectivity index (χ2n) is 9.40. The molecule has 186 valence electrons. The fourth-order valence-electron chi connectivity index (χ4n) is 4.72. The van der Waals surface area contributed by atoms with Gasteiger partial charge in [-0.15, -0.1) is 0 Å². The molecule has 5 rings (SSSR count). The Labute approximate surface area is 215 Å². The summed E-state index contributed by atoms with van der Waals surface area (Å²) in [5, 5.41) is 14.0. The van der Waals surface area contributed by atoms with Crippen LogP contribution in [0.2, 0.25) is 5.02 Å². The van der Waals surface area contributed by atoms with E-state index < -0.39 is 0 Å². The fraction of sp³-hybridized carbons (Fsp3) is 0.346. The number of likely N-dealkylation sites (tertiary alicyclic amines) is 1. The molecule has 3 N–H and O–H groups in total. The molecule has 0 spiro atoms. The molecular formula is C26H30ClN9. The van der Waals surface area contributed by atoms with E-state index in [2.05, 4.69) is 71.6 Å². The van der Waals surface area contributed by atoms with Crippen LogP contribution in [-0.2, 0) is 6.54 Å². The van der Waals surface area contributed by atoms with Crippen LogP contribution in [0.15, 0.2) is 43.1 Å². The third-order valence-electron chi connectivity index (χ3n) is 6.60. The van der Waals surface area contributed by atoms with E-state index in [9.17, 15) is 0 Å². The molecule has 0 amide bonds. The standard InChI is InChI=1S/C26H30ClN9/c1-16-9-23(31-26-30-13-22(27)25(33-26)32-24-10-18(3)34-35-24)17(2)8-21(16)20-4-6-36(7-5-20)14-19-11-28-15-29-12-19/h8-13,15,20H,4-7,14H2,1-3H3,(H3,30,31,32,33,34,35). The van der Waals surface area contributed by atoms with Crippen molar-refractivity contribution in [2.45, 2.75) is 46.1 Å². The number of rotatable bonds is 7. The zero-order chi connectivity index (χ0) is 25.1. The average Bonchev–Trinajstić information content (AvgIpc) is 3.29. The Morgan fingerprint density at radius 3 is 2.50 bits per heavy atom. The summed E-state index contributed by atoms with van der Waals surface area (Å²) >= 11 is 6.31. The highest BCUT2D eigenvalue weighted by Crippen LogP contribution is 2.34. The SMILES string of the molecule is Cc1cc(Nc2nc(Nc3cc(C)c(C4CCN(Cc5cncnc5)CC4)cc3C)ncc2Cl)n[nH]1. The number of nitrogens with zero attached hydrogens (tertiary/aromatic N) is 6. The Morgan fingerprint density at radius 2 is 1.78 bits per heavy atom. The number of aromatic amines is 1. The summed E-state index contributed by atoms with van der Waals surface area (Å²) < 4.78 is 0. The summed E-state index contributed by atoms with van der Waals surface area (Å²) in [7, 11) is 0. The molecular weight excluding hydrogens is 474 g/mol. The van der Waals surface area contributed by atoms with Crippen LogP contribution < -0.4 is 10.6 Å². The third kappa shape index (κ3) is 5.63. The monoisotopic (exact) mass is 503 g/mol. The maximum atomic E-state index is 6.31. The van der Waals surface area contributed by atoms with Crippen LogP contribution >= 0.6 is 11.6 Å². The van der Waals surface area contributed by atoms with Crippen LogP contribution in [0.4, 0.5) is 23.3 Å². The quantitative estimate of drug-likeness (QED) is 0.306. The highest BCUT2D eigenvalue weighted by atomic mass is 35.5. The molecule has 10 heteroatoms. The van der Waals surface area contributed by atoms with E-state index in [0.29, 0.717) is 28.5 Å². The summed E-state index contributed by atoms with van der Waals surface area (Å²) in [6, 6.07) is 6.39. The Balaban J connectivity index is 1.25. The largest absolute Gasteiger partial charge is 0.324 e. The van der Waals surface area contributed by atoms with Gasteiger partial charge in [0.25, 0.3) is 0 Å². The third-order valence-corrected chi connectivity index (χ3v) is 6.88. The lowest BCUT2D eigenvalue weighted by molar-refractivity contribution is 0.204. The van der Waals surface area contributed by atoms with Gasteiger partial charge in [-0.2, -0.15) is 10.1 Å². The topological polar surface area (TPSA) is 108 Å². The van der Waals surface area contributed by atoms with Gasteiger partial charge in [0, 0.05) is 41.9 Å². The first-order valence-corrected chi connectivity index (χ1v) is 12.5. The summed E-state index contributed by atoms with van der Waals surface area (Å²) in [4.78, 5) is 19.7. The van der Waals surface area contributed by atoms with Crippen molar-refractivity contribution in [3.05, 3.63) is 76.1 Å². The number of hydrogen-bond donors (Lipinski definition) is 3. The number of aromatic nitrogens is 6. The molecule has 1 aliphatic rings. The predicted molar refractivity (Wildman–Crippen MR) is 142 cm³/mol. The van der Waals surface area contributed by atoms with Crippen molar-refractivity contribution in [1.29, 1.82) is 0 Å². The van der Waals surface area contributed by atoms with Gasteiger partial charge in [0.15, 0.2) is 11.6 Å². The minimum atomic E-state index is 0.426. The van der Waals surface area contributed by atoms with Gasteiger partial charge >= 0.3 is 0 Å². The second kappa shape index (κ2) is 10.6. The van der Waals surface area contributed by atoms with E-state index in [1.54, 1.807) is 12.5 Å². The number of H-pyrrole nitrogens is 1. The molecule has 3 aromatic heterocycles. The molecule has 0 bridgehead atoms. The van der Waals surface area contributed by atoms with Crippen molar-refractivity contribution in [2.24, 2.45) is 0 Å². The van der Waals surface area contributed by atoms with Gasteiger partial charge in [0.1, 0.15) is 11.3 Å². The molecule has 1 fully saturated rings. The van der Waals surface area contributed by atoms with E-state index in [1.165, 1.54) is 16.7 Å². The van der Waals surface area contributed by atoms with Crippen LogP contribution in [0.5, 0.6) is 0 Å². The molecule has 1 aliphatic heterocycles. The summed E-state index contributed by atoms with van der Waals surface area (Å²) in [5.74, 6) is 2.18. The maximum absolute atomic E-state index is 6.31. The number of halogens is 1. The lowest BCUT2D eigenvalue weighted by Gasteiger charge is -2.33. The van der Waals surface area contributed by atoms with Crippen molar-refractivity contribution < 1.29 is 0 Å². The van der Waals surface area contributed by atoms with Crippen molar-refractivity contribution >= 4 is 34.9 Å². The molecule has 9 nitrogen and oxygen atoms in total. The number of aryl methyl sites for hydroxylation is 3. The van der Waals surface area contributed by atoms with Crippen LogP contribution in [0.25, 0.3) is 0 Å². The molecule has 36 heavy (non-hydrogen) atoms. The van der Waals surface area contributed by atoms with Gasteiger partial charge in [-0.1, -0.05) is 17.7 Å². The van der Waals surface area contributed by atoms with Gasteiger partial charge in [-0.25, -0.2) is 15.0 Å². The van der Waals surface area contributed by atoms with E-state index in [0.717, 1.165) is 49.4 Å². The normalized spacial score (nSPS) is 14.7. The molecule has 1 aromatic carbocycles. The Kier molecular flexibility index (Phi) is 7.11. The molecule has 0 saturated carbocycles. The zero-order valence-corrected chi connectivity index (χ0v) is 21.5. The van der Waals surface area contributed by atoms with Crippen LogP contribution in [0.3, 0.4) is 0 Å².